The first-order valence-corrected chi connectivity index (χ1v) is 7.04. The lowest BCUT2D eigenvalue weighted by atomic mass is 10.1. The largest absolute Gasteiger partial charge is 0.481 e. The summed E-state index contributed by atoms with van der Waals surface area (Å²) in [4.78, 5) is 10.7. The van der Waals surface area contributed by atoms with Crippen molar-refractivity contribution in [3.8, 4) is 11.3 Å². The van der Waals surface area contributed by atoms with Crippen LogP contribution < -0.4 is 0 Å². The minimum Gasteiger partial charge on any atom is -0.481 e. The van der Waals surface area contributed by atoms with Crippen LogP contribution in [-0.2, 0) is 11.2 Å². The molecule has 0 aliphatic heterocycles. The van der Waals surface area contributed by atoms with Gasteiger partial charge in [0.05, 0.1) is 6.42 Å². The van der Waals surface area contributed by atoms with Crippen molar-refractivity contribution in [2.45, 2.75) is 32.7 Å². The van der Waals surface area contributed by atoms with Crippen LogP contribution in [0.4, 0.5) is 0 Å². The predicted molar refractivity (Wildman–Crippen MR) is 81.2 cm³/mol. The number of benzene rings is 1. The Bertz CT molecular complexity index is 599. The zero-order chi connectivity index (χ0) is 14.7. The Balaban J connectivity index is 2.38. The highest BCUT2D eigenvalue weighted by atomic mass is 35.5. The Morgan fingerprint density at radius 1 is 1.20 bits per heavy atom. The maximum Gasteiger partial charge on any atom is 0.303 e. The fourth-order valence-electron chi connectivity index (χ4n) is 2.40. The zero-order valence-electron chi connectivity index (χ0n) is 11.6. The summed E-state index contributed by atoms with van der Waals surface area (Å²) < 4.78 is 2.19. The molecule has 0 saturated heterocycles. The second kappa shape index (κ2) is 6.14. The summed E-state index contributed by atoms with van der Waals surface area (Å²) in [7, 11) is 0. The molecule has 1 heterocycles. The van der Waals surface area contributed by atoms with Gasteiger partial charge in [-0.25, -0.2) is 0 Å². The van der Waals surface area contributed by atoms with Gasteiger partial charge in [-0.3, -0.25) is 4.79 Å². The lowest BCUT2D eigenvalue weighted by Crippen LogP contribution is -2.09. The molecule has 20 heavy (non-hydrogen) atoms. The van der Waals surface area contributed by atoms with Crippen molar-refractivity contribution >= 4 is 17.6 Å². The monoisotopic (exact) mass is 291 g/mol. The lowest BCUT2D eigenvalue weighted by Gasteiger charge is -2.17. The number of halogens is 1. The van der Waals surface area contributed by atoms with Gasteiger partial charge in [-0.15, -0.1) is 0 Å². The number of aromatic nitrogens is 1. The van der Waals surface area contributed by atoms with Crippen LogP contribution in [-0.4, -0.2) is 15.6 Å². The molecule has 2 rings (SSSR count). The summed E-state index contributed by atoms with van der Waals surface area (Å²) in [5.41, 5.74) is 3.23. The van der Waals surface area contributed by atoms with Crippen LogP contribution >= 0.6 is 11.6 Å². The molecular weight excluding hydrogens is 274 g/mol. The first kappa shape index (κ1) is 14.7. The molecule has 4 heteroatoms. The van der Waals surface area contributed by atoms with Crippen LogP contribution in [0.15, 0.2) is 36.4 Å². The molecule has 0 aliphatic rings. The van der Waals surface area contributed by atoms with Crippen LogP contribution in [0.5, 0.6) is 0 Å². The highest BCUT2D eigenvalue weighted by Gasteiger charge is 2.13. The molecule has 2 aromatic rings. The van der Waals surface area contributed by atoms with Gasteiger partial charge in [-0.2, -0.15) is 0 Å². The van der Waals surface area contributed by atoms with Gasteiger partial charge in [0.15, 0.2) is 0 Å². The third-order valence-electron chi connectivity index (χ3n) is 3.25. The van der Waals surface area contributed by atoms with Gasteiger partial charge in [-0.05, 0) is 50.1 Å². The van der Waals surface area contributed by atoms with Gasteiger partial charge >= 0.3 is 5.97 Å². The molecule has 0 saturated carbocycles. The number of nitrogens with zero attached hydrogens (tertiary/aromatic N) is 1. The van der Waals surface area contributed by atoms with Gasteiger partial charge in [0.25, 0.3) is 0 Å². The van der Waals surface area contributed by atoms with Crippen molar-refractivity contribution in [3.63, 3.8) is 0 Å². The first-order chi connectivity index (χ1) is 9.49. The molecule has 1 aromatic heterocycles. The number of hydrogen-bond acceptors (Lipinski definition) is 1. The molecule has 0 bridgehead atoms. The fourth-order valence-corrected chi connectivity index (χ4v) is 2.52. The van der Waals surface area contributed by atoms with Crippen molar-refractivity contribution in [1.29, 1.82) is 0 Å². The molecule has 0 atom stereocenters. The lowest BCUT2D eigenvalue weighted by molar-refractivity contribution is -0.136. The van der Waals surface area contributed by atoms with E-state index < -0.39 is 5.97 Å². The number of hydrogen-bond donors (Lipinski definition) is 1. The quantitative estimate of drug-likeness (QED) is 0.887. The zero-order valence-corrected chi connectivity index (χ0v) is 12.4. The van der Waals surface area contributed by atoms with Crippen LogP contribution in [0.2, 0.25) is 5.02 Å². The molecule has 0 amide bonds. The summed E-state index contributed by atoms with van der Waals surface area (Å²) in [5.74, 6) is -0.769. The van der Waals surface area contributed by atoms with E-state index >= 15 is 0 Å². The number of carboxylic acids is 1. The summed E-state index contributed by atoms with van der Waals surface area (Å²) in [6.45, 7) is 4.20. The predicted octanol–water partition coefficient (Wildman–Crippen LogP) is 4.41. The molecule has 0 aliphatic carbocycles. The van der Waals surface area contributed by atoms with Gasteiger partial charge in [0, 0.05) is 22.5 Å². The van der Waals surface area contributed by atoms with Crippen LogP contribution in [0, 0.1) is 0 Å². The molecule has 106 valence electrons. The Labute approximate surface area is 123 Å². The topological polar surface area (TPSA) is 42.2 Å². The average molecular weight is 292 g/mol. The van der Waals surface area contributed by atoms with E-state index in [9.17, 15) is 4.79 Å². The normalized spacial score (nSPS) is 11.0. The molecule has 0 radical (unpaired) electrons. The van der Waals surface area contributed by atoms with Crippen molar-refractivity contribution < 1.29 is 9.90 Å². The van der Waals surface area contributed by atoms with Gasteiger partial charge < -0.3 is 9.67 Å². The summed E-state index contributed by atoms with van der Waals surface area (Å²) in [5, 5.41) is 9.55. The maximum absolute atomic E-state index is 10.7. The Morgan fingerprint density at radius 2 is 1.85 bits per heavy atom. The van der Waals surface area contributed by atoms with Crippen molar-refractivity contribution in [1.82, 2.24) is 4.57 Å². The number of aliphatic carboxylic acids is 1. The standard InChI is InChI=1S/C16H18ClNO2/c1-11(2)18-14(8-10-16(19)20)7-9-15(18)12-3-5-13(17)6-4-12/h3-7,9,11H,8,10H2,1-2H3,(H,19,20). The van der Waals surface area contributed by atoms with E-state index in [4.69, 9.17) is 16.7 Å². The van der Waals surface area contributed by atoms with E-state index in [1.165, 1.54) is 0 Å². The van der Waals surface area contributed by atoms with Crippen molar-refractivity contribution in [3.05, 3.63) is 47.1 Å². The van der Waals surface area contributed by atoms with Crippen molar-refractivity contribution in [2.24, 2.45) is 0 Å². The van der Waals surface area contributed by atoms with Gasteiger partial charge in [0.1, 0.15) is 0 Å². The number of carbonyl (C=O) groups is 1. The molecular formula is C16H18ClNO2. The number of carboxylic acid groups (broad SMARTS) is 1. The van der Waals surface area contributed by atoms with Gasteiger partial charge in [0.2, 0.25) is 0 Å². The smallest absolute Gasteiger partial charge is 0.303 e. The highest BCUT2D eigenvalue weighted by molar-refractivity contribution is 6.30. The Morgan fingerprint density at radius 3 is 2.40 bits per heavy atom. The first-order valence-electron chi connectivity index (χ1n) is 6.67. The maximum atomic E-state index is 10.7. The number of rotatable bonds is 5. The van der Waals surface area contributed by atoms with Crippen LogP contribution in [0.1, 0.15) is 32.0 Å². The minimum absolute atomic E-state index is 0.150. The third-order valence-corrected chi connectivity index (χ3v) is 3.51. The Kier molecular flexibility index (Phi) is 4.50. The minimum atomic E-state index is -0.769. The van der Waals surface area contributed by atoms with E-state index in [2.05, 4.69) is 18.4 Å². The summed E-state index contributed by atoms with van der Waals surface area (Å²) >= 11 is 5.92. The average Bonchev–Trinajstić information content (AvgIpc) is 2.81. The van der Waals surface area contributed by atoms with E-state index in [1.807, 2.05) is 36.4 Å². The van der Waals surface area contributed by atoms with E-state index in [0.29, 0.717) is 11.4 Å². The highest BCUT2D eigenvalue weighted by Crippen LogP contribution is 2.28. The number of aryl methyl sites for hydroxylation is 1. The summed E-state index contributed by atoms with van der Waals surface area (Å²) in [6, 6.07) is 12.0. The van der Waals surface area contributed by atoms with Gasteiger partial charge in [-0.1, -0.05) is 23.7 Å². The van der Waals surface area contributed by atoms with Crippen molar-refractivity contribution in [2.75, 3.05) is 0 Å². The molecule has 0 unspecified atom stereocenters. The van der Waals surface area contributed by atoms with Crippen LogP contribution in [0.25, 0.3) is 11.3 Å². The summed E-state index contributed by atoms with van der Waals surface area (Å²) in [6.07, 6.45) is 0.692. The SMILES string of the molecule is CC(C)n1c(CCC(=O)O)ccc1-c1ccc(Cl)cc1. The Hall–Kier alpha value is -1.74. The molecule has 1 N–H and O–H groups in total. The molecule has 0 spiro atoms. The molecule has 3 nitrogen and oxygen atoms in total. The van der Waals surface area contributed by atoms with E-state index in [0.717, 1.165) is 17.0 Å². The second-order valence-corrected chi connectivity index (χ2v) is 5.51. The van der Waals surface area contributed by atoms with E-state index in [-0.39, 0.29) is 12.5 Å². The van der Waals surface area contributed by atoms with Crippen LogP contribution in [0.3, 0.4) is 0 Å². The second-order valence-electron chi connectivity index (χ2n) is 5.07. The fraction of sp³-hybridized carbons (Fsp3) is 0.312. The van der Waals surface area contributed by atoms with E-state index in [1.54, 1.807) is 0 Å². The molecule has 0 fully saturated rings. The molecule has 1 aromatic carbocycles. The third kappa shape index (κ3) is 3.23.